The maximum atomic E-state index is 13.6. The molecule has 0 radical (unpaired) electrons. The number of para-hydroxylation sites is 1. The molecule has 2 amide bonds. The second-order valence-corrected chi connectivity index (χ2v) is 11.9. The molecule has 1 aromatic heterocycles. The standard InChI is InChI=1S/C29H34N4O5/c34-12-13-37-16-6-9-31(10-7-16)29(36)27-26-24-22-23(24)25(22)28(26)33(30-27)15-21(35)32-11-8-20(18-14-19(18)32)38-17-4-2-1-3-5-17/h1-5,16,18-20,22-25,34H,6-15H2/t18?,19?,20?,22-,23?,24-,25?/m0/s1. The fraction of sp³-hybridized carbons (Fsp3) is 0.621. The molecule has 38 heavy (non-hydrogen) atoms. The Bertz CT molecular complexity index is 1260. The lowest BCUT2D eigenvalue weighted by Crippen LogP contribution is -2.44. The minimum Gasteiger partial charge on any atom is -0.490 e. The molecule has 5 aliphatic carbocycles. The molecule has 9 nitrogen and oxygen atoms in total. The maximum Gasteiger partial charge on any atom is 0.274 e. The van der Waals surface area contributed by atoms with Gasteiger partial charge in [0, 0.05) is 55.2 Å². The van der Waals surface area contributed by atoms with Gasteiger partial charge in [0.2, 0.25) is 5.91 Å². The van der Waals surface area contributed by atoms with Crippen LogP contribution in [-0.4, -0.2) is 87.6 Å². The van der Waals surface area contributed by atoms with Crippen LogP contribution in [0.3, 0.4) is 0 Å². The van der Waals surface area contributed by atoms with E-state index in [4.69, 9.17) is 19.7 Å². The molecule has 3 heterocycles. The molecule has 7 aliphatic rings. The van der Waals surface area contributed by atoms with Crippen LogP contribution in [0.25, 0.3) is 0 Å². The second-order valence-electron chi connectivity index (χ2n) is 11.9. The third-order valence-corrected chi connectivity index (χ3v) is 9.85. The van der Waals surface area contributed by atoms with Crippen LogP contribution in [0.1, 0.15) is 59.3 Å². The Morgan fingerprint density at radius 1 is 1.03 bits per heavy atom. The first-order valence-electron chi connectivity index (χ1n) is 14.3. The Morgan fingerprint density at radius 2 is 1.82 bits per heavy atom. The molecule has 1 N–H and O–H groups in total. The molecule has 1 aromatic carbocycles. The summed E-state index contributed by atoms with van der Waals surface area (Å²) in [5.41, 5.74) is 2.89. The molecule has 2 saturated heterocycles. The normalized spacial score (nSPS) is 33.9. The van der Waals surface area contributed by atoms with Crippen LogP contribution in [0.2, 0.25) is 0 Å². The van der Waals surface area contributed by atoms with Crippen LogP contribution in [0.4, 0.5) is 0 Å². The number of piperidine rings is 2. The van der Waals surface area contributed by atoms with E-state index < -0.39 is 0 Å². The predicted molar refractivity (Wildman–Crippen MR) is 136 cm³/mol. The van der Waals surface area contributed by atoms with Crippen LogP contribution in [0.15, 0.2) is 30.3 Å². The SMILES string of the molecule is O=C(c1nn(CC(=O)N2CCC(Oc3ccccc3)C3CC32)c2c1[C@@H]1C3C2[C@@H]31)N1CCC(OCCO)CC1. The number of rotatable bonds is 8. The number of amides is 2. The number of hydrogen-bond donors (Lipinski definition) is 1. The topological polar surface area (TPSA) is 97.1 Å². The lowest BCUT2D eigenvalue weighted by molar-refractivity contribution is -0.134. The van der Waals surface area contributed by atoms with Crippen LogP contribution in [-0.2, 0) is 16.1 Å². The van der Waals surface area contributed by atoms with Crippen molar-refractivity contribution in [3.05, 3.63) is 47.3 Å². The smallest absolute Gasteiger partial charge is 0.274 e. The molecule has 7 atom stereocenters. The van der Waals surface area contributed by atoms with Crippen molar-refractivity contribution >= 4 is 11.8 Å². The molecule has 2 aliphatic heterocycles. The summed E-state index contributed by atoms with van der Waals surface area (Å²) in [4.78, 5) is 31.0. The zero-order valence-electron chi connectivity index (χ0n) is 21.4. The summed E-state index contributed by atoms with van der Waals surface area (Å²) < 4.78 is 13.8. The van der Waals surface area contributed by atoms with Gasteiger partial charge in [-0.2, -0.15) is 5.10 Å². The van der Waals surface area contributed by atoms with Crippen molar-refractivity contribution in [2.75, 3.05) is 32.8 Å². The van der Waals surface area contributed by atoms with Crippen LogP contribution < -0.4 is 4.74 Å². The number of hydrogen-bond acceptors (Lipinski definition) is 6. The predicted octanol–water partition coefficient (Wildman–Crippen LogP) is 2.01. The van der Waals surface area contributed by atoms with Crippen molar-refractivity contribution < 1.29 is 24.2 Å². The highest BCUT2D eigenvalue weighted by atomic mass is 16.5. The Labute approximate surface area is 221 Å². The number of carbonyl (C=O) groups excluding carboxylic acids is 2. The molecule has 3 saturated carbocycles. The van der Waals surface area contributed by atoms with E-state index in [0.29, 0.717) is 61.5 Å². The number of ether oxygens (including phenoxy) is 2. The minimum absolute atomic E-state index is 0.00105. The van der Waals surface area contributed by atoms with Gasteiger partial charge in [-0.15, -0.1) is 0 Å². The van der Waals surface area contributed by atoms with Crippen LogP contribution in [0, 0.1) is 17.8 Å². The average Bonchev–Trinajstić information content (AvgIpc) is 3.89. The van der Waals surface area contributed by atoms with Crippen molar-refractivity contribution in [1.82, 2.24) is 19.6 Å². The molecule has 9 heteroatoms. The van der Waals surface area contributed by atoms with E-state index in [9.17, 15) is 9.59 Å². The van der Waals surface area contributed by atoms with Crippen molar-refractivity contribution in [2.45, 2.75) is 62.3 Å². The highest BCUT2D eigenvalue weighted by molar-refractivity contribution is 5.96. The Hall–Kier alpha value is -2.91. The monoisotopic (exact) mass is 518 g/mol. The summed E-state index contributed by atoms with van der Waals surface area (Å²) in [5, 5.41) is 13.8. The van der Waals surface area contributed by atoms with E-state index in [1.54, 1.807) is 0 Å². The first-order valence-corrected chi connectivity index (χ1v) is 14.3. The molecule has 2 bridgehead atoms. The maximum absolute atomic E-state index is 13.6. The summed E-state index contributed by atoms with van der Waals surface area (Å²) in [6, 6.07) is 10.2. The van der Waals surface area contributed by atoms with Gasteiger partial charge in [-0.25, -0.2) is 0 Å². The number of nitrogens with zero attached hydrogens (tertiary/aromatic N) is 4. The zero-order chi connectivity index (χ0) is 25.5. The van der Waals surface area contributed by atoms with Crippen molar-refractivity contribution in [1.29, 1.82) is 0 Å². The number of aliphatic hydroxyl groups excluding tert-OH is 1. The van der Waals surface area contributed by atoms with E-state index in [0.717, 1.165) is 42.7 Å². The van der Waals surface area contributed by atoms with Crippen LogP contribution >= 0.6 is 0 Å². The summed E-state index contributed by atoms with van der Waals surface area (Å²) in [6.07, 6.45) is 3.65. The number of benzene rings is 1. The lowest BCUT2D eigenvalue weighted by Gasteiger charge is -2.32. The largest absolute Gasteiger partial charge is 0.490 e. The molecule has 0 spiro atoms. The lowest BCUT2D eigenvalue weighted by atomic mass is 10.1. The summed E-state index contributed by atoms with van der Waals surface area (Å²) in [6.45, 7) is 2.57. The van der Waals surface area contributed by atoms with E-state index in [-0.39, 0.29) is 43.2 Å². The van der Waals surface area contributed by atoms with Gasteiger partial charge in [0.15, 0.2) is 5.69 Å². The zero-order valence-corrected chi connectivity index (χ0v) is 21.4. The highest BCUT2D eigenvalue weighted by Crippen LogP contribution is 2.88. The molecule has 200 valence electrons. The Balaban J connectivity index is 0.942. The summed E-state index contributed by atoms with van der Waals surface area (Å²) >= 11 is 0. The molecule has 2 aromatic rings. The van der Waals surface area contributed by atoms with E-state index in [1.807, 2.05) is 44.8 Å². The first kappa shape index (κ1) is 23.0. The minimum atomic E-state index is 0.00105. The molecular weight excluding hydrogens is 484 g/mol. The van der Waals surface area contributed by atoms with E-state index in [2.05, 4.69) is 0 Å². The van der Waals surface area contributed by atoms with E-state index >= 15 is 0 Å². The number of carbonyl (C=O) groups is 2. The van der Waals surface area contributed by atoms with Crippen molar-refractivity contribution in [2.24, 2.45) is 17.8 Å². The average molecular weight is 519 g/mol. The van der Waals surface area contributed by atoms with Crippen molar-refractivity contribution in [3.63, 3.8) is 0 Å². The Kier molecular flexibility index (Phi) is 5.18. The quantitative estimate of drug-likeness (QED) is 0.574. The third-order valence-electron chi connectivity index (χ3n) is 9.85. The number of fused-ring (bicyclic) bond motifs is 1. The number of aliphatic hydroxyl groups is 1. The number of aromatic nitrogens is 2. The van der Waals surface area contributed by atoms with E-state index in [1.165, 1.54) is 0 Å². The summed E-state index contributed by atoms with van der Waals surface area (Å²) in [7, 11) is 0. The highest BCUT2D eigenvalue weighted by Gasteiger charge is 2.81. The van der Waals surface area contributed by atoms with Gasteiger partial charge in [-0.1, -0.05) is 18.2 Å². The van der Waals surface area contributed by atoms with Gasteiger partial charge in [-0.3, -0.25) is 14.3 Å². The van der Waals surface area contributed by atoms with Gasteiger partial charge in [0.05, 0.1) is 19.3 Å². The summed E-state index contributed by atoms with van der Waals surface area (Å²) in [5.74, 6) is 3.78. The Morgan fingerprint density at radius 3 is 2.58 bits per heavy atom. The van der Waals surface area contributed by atoms with Gasteiger partial charge in [0.1, 0.15) is 18.4 Å². The van der Waals surface area contributed by atoms with Gasteiger partial charge >= 0.3 is 0 Å². The first-order chi connectivity index (χ1) is 18.6. The second kappa shape index (κ2) is 8.55. The molecule has 9 rings (SSSR count). The van der Waals surface area contributed by atoms with Crippen LogP contribution in [0.5, 0.6) is 5.75 Å². The van der Waals surface area contributed by atoms with Crippen molar-refractivity contribution in [3.8, 4) is 5.75 Å². The fourth-order valence-electron chi connectivity index (χ4n) is 7.76. The van der Waals surface area contributed by atoms with Gasteiger partial charge < -0.3 is 24.4 Å². The van der Waals surface area contributed by atoms with Gasteiger partial charge in [-0.05, 0) is 49.1 Å². The molecule has 5 fully saturated rings. The third kappa shape index (κ3) is 3.54. The number of likely N-dealkylation sites (tertiary alicyclic amines) is 2. The molecule has 5 unspecified atom stereocenters. The fourth-order valence-corrected chi connectivity index (χ4v) is 7.76. The van der Waals surface area contributed by atoms with Gasteiger partial charge in [0.25, 0.3) is 5.91 Å². The molecular formula is C29H34N4O5.